The molecule has 0 saturated carbocycles. The van der Waals surface area contributed by atoms with Crippen LogP contribution in [0.25, 0.3) is 10.8 Å². The van der Waals surface area contributed by atoms with E-state index in [0.717, 1.165) is 29.8 Å². The van der Waals surface area contributed by atoms with E-state index in [2.05, 4.69) is 24.3 Å². The highest BCUT2D eigenvalue weighted by Gasteiger charge is 2.36. The molecule has 1 aliphatic carbocycles. The fourth-order valence-corrected chi connectivity index (χ4v) is 4.40. The number of carbonyl (C=O) groups is 1. The minimum atomic E-state index is 0.153. The third-order valence-electron chi connectivity index (χ3n) is 5.54. The highest BCUT2D eigenvalue weighted by molar-refractivity contribution is 6.05. The number of rotatable bonds is 3. The van der Waals surface area contributed by atoms with Crippen molar-refractivity contribution in [1.29, 1.82) is 0 Å². The number of carbonyl (C=O) groups excluding carboxylic acids is 1. The van der Waals surface area contributed by atoms with Crippen molar-refractivity contribution in [1.82, 2.24) is 4.90 Å². The van der Waals surface area contributed by atoms with Crippen LogP contribution >= 0.6 is 0 Å². The Bertz CT molecular complexity index is 991. The number of ether oxygens (including phenoxy) is 1. The highest BCUT2D eigenvalue weighted by atomic mass is 16.5. The Morgan fingerprint density at radius 2 is 1.92 bits per heavy atom. The van der Waals surface area contributed by atoms with Gasteiger partial charge in [0.1, 0.15) is 5.75 Å². The van der Waals surface area contributed by atoms with Gasteiger partial charge in [-0.05, 0) is 52.1 Å². The molecule has 2 aliphatic rings. The van der Waals surface area contributed by atoms with Gasteiger partial charge in [0.25, 0.3) is 5.91 Å². The van der Waals surface area contributed by atoms with Crippen molar-refractivity contribution >= 4 is 16.7 Å². The maximum absolute atomic E-state index is 13.1. The molecule has 1 amide bonds. The Morgan fingerprint density at radius 1 is 1.08 bits per heavy atom. The Kier molecular flexibility index (Phi) is 3.11. The smallest absolute Gasteiger partial charge is 0.254 e. The van der Waals surface area contributed by atoms with E-state index in [9.17, 15) is 4.79 Å². The van der Waals surface area contributed by atoms with Gasteiger partial charge in [-0.2, -0.15) is 0 Å². The second-order valence-corrected chi connectivity index (χ2v) is 6.98. The lowest BCUT2D eigenvalue weighted by atomic mass is 9.89. The molecule has 3 nitrogen and oxygen atoms in total. The molecular weight excluding hydrogens is 310 g/mol. The first kappa shape index (κ1) is 14.5. The van der Waals surface area contributed by atoms with E-state index in [1.165, 1.54) is 21.9 Å². The number of hydrogen-bond acceptors (Lipinski definition) is 2. The number of methoxy groups -OCH3 is 1. The van der Waals surface area contributed by atoms with Crippen molar-refractivity contribution in [3.05, 3.63) is 76.9 Å². The van der Waals surface area contributed by atoms with Crippen LogP contribution in [0, 0.1) is 0 Å². The molecule has 1 atom stereocenters. The van der Waals surface area contributed by atoms with Gasteiger partial charge in [-0.15, -0.1) is 0 Å². The summed E-state index contributed by atoms with van der Waals surface area (Å²) in [6.07, 6.45) is 1.04. The zero-order valence-corrected chi connectivity index (χ0v) is 14.2. The van der Waals surface area contributed by atoms with E-state index >= 15 is 0 Å². The van der Waals surface area contributed by atoms with Crippen LogP contribution in [0.2, 0.25) is 0 Å². The second kappa shape index (κ2) is 5.35. The molecule has 1 unspecified atom stereocenters. The van der Waals surface area contributed by atoms with Gasteiger partial charge in [0.2, 0.25) is 0 Å². The summed E-state index contributed by atoms with van der Waals surface area (Å²) in [6, 6.07) is 18.6. The summed E-state index contributed by atoms with van der Waals surface area (Å²) in [4.78, 5) is 15.1. The Hall–Kier alpha value is -2.81. The van der Waals surface area contributed by atoms with Gasteiger partial charge in [-0.25, -0.2) is 0 Å². The van der Waals surface area contributed by atoms with E-state index in [4.69, 9.17) is 4.74 Å². The first-order chi connectivity index (χ1) is 12.2. The fourth-order valence-electron chi connectivity index (χ4n) is 4.40. The monoisotopic (exact) mass is 329 g/mol. The molecule has 0 fully saturated rings. The van der Waals surface area contributed by atoms with Crippen LogP contribution in [0.1, 0.15) is 33.0 Å². The van der Waals surface area contributed by atoms with Gasteiger partial charge < -0.3 is 9.64 Å². The molecule has 3 aromatic rings. The summed E-state index contributed by atoms with van der Waals surface area (Å²) in [5.41, 5.74) is 4.69. The zero-order valence-electron chi connectivity index (χ0n) is 14.2. The fraction of sp³-hybridized carbons (Fsp3) is 0.227. The Labute approximate surface area is 146 Å². The highest BCUT2D eigenvalue weighted by Crippen LogP contribution is 2.43. The minimum Gasteiger partial charge on any atom is -0.497 e. The van der Waals surface area contributed by atoms with Crippen molar-refractivity contribution in [2.24, 2.45) is 0 Å². The van der Waals surface area contributed by atoms with E-state index in [1.807, 2.05) is 35.2 Å². The van der Waals surface area contributed by atoms with Crippen LogP contribution in [0.5, 0.6) is 5.75 Å². The average molecular weight is 329 g/mol. The quantitative estimate of drug-likeness (QED) is 0.722. The normalized spacial score (nSPS) is 18.0. The lowest BCUT2D eigenvalue weighted by molar-refractivity contribution is 0.0710. The van der Waals surface area contributed by atoms with Crippen molar-refractivity contribution in [3.8, 4) is 5.75 Å². The van der Waals surface area contributed by atoms with Crippen LogP contribution in [0.15, 0.2) is 54.6 Å². The van der Waals surface area contributed by atoms with Crippen LogP contribution in [-0.2, 0) is 13.0 Å². The molecule has 3 aromatic carbocycles. The third-order valence-corrected chi connectivity index (χ3v) is 5.54. The Morgan fingerprint density at radius 3 is 2.72 bits per heavy atom. The standard InChI is InChI=1S/C22H19NO2/c1-25-18-8-5-14(6-9-18)12-23-13-17-11-16-4-2-3-15-7-10-19(22(23)24)21(17)20(15)16/h2-10,17H,11-13H2,1H3. The predicted octanol–water partition coefficient (Wildman–Crippen LogP) is 4.14. The van der Waals surface area contributed by atoms with Gasteiger partial charge in [0.15, 0.2) is 0 Å². The number of benzene rings is 3. The topological polar surface area (TPSA) is 29.5 Å². The van der Waals surface area contributed by atoms with Crippen molar-refractivity contribution < 1.29 is 9.53 Å². The minimum absolute atomic E-state index is 0.153. The maximum Gasteiger partial charge on any atom is 0.254 e. The van der Waals surface area contributed by atoms with Crippen LogP contribution in [0.3, 0.4) is 0 Å². The first-order valence-corrected chi connectivity index (χ1v) is 8.71. The molecule has 3 heteroatoms. The molecule has 0 N–H and O–H groups in total. The molecule has 25 heavy (non-hydrogen) atoms. The maximum atomic E-state index is 13.1. The van der Waals surface area contributed by atoms with E-state index in [0.29, 0.717) is 12.5 Å². The van der Waals surface area contributed by atoms with Gasteiger partial charge in [-0.3, -0.25) is 4.79 Å². The lowest BCUT2D eigenvalue weighted by Gasteiger charge is -2.32. The first-order valence-electron chi connectivity index (χ1n) is 8.71. The molecule has 0 bridgehead atoms. The van der Waals surface area contributed by atoms with E-state index in [1.54, 1.807) is 7.11 Å². The summed E-state index contributed by atoms with van der Waals surface area (Å²) >= 11 is 0. The van der Waals surface area contributed by atoms with E-state index < -0.39 is 0 Å². The molecule has 0 radical (unpaired) electrons. The van der Waals surface area contributed by atoms with Gasteiger partial charge >= 0.3 is 0 Å². The zero-order chi connectivity index (χ0) is 17.0. The van der Waals surface area contributed by atoms with Gasteiger partial charge in [0, 0.05) is 24.6 Å². The summed E-state index contributed by atoms with van der Waals surface area (Å²) in [6.45, 7) is 1.44. The molecular formula is C22H19NO2. The summed E-state index contributed by atoms with van der Waals surface area (Å²) in [7, 11) is 1.67. The predicted molar refractivity (Wildman–Crippen MR) is 98.1 cm³/mol. The van der Waals surface area contributed by atoms with Crippen LogP contribution in [0.4, 0.5) is 0 Å². The summed E-state index contributed by atoms with van der Waals surface area (Å²) in [5.74, 6) is 1.42. The van der Waals surface area contributed by atoms with Crippen LogP contribution in [-0.4, -0.2) is 24.5 Å². The molecule has 0 aromatic heterocycles. The molecule has 124 valence electrons. The third kappa shape index (κ3) is 2.15. The molecule has 5 rings (SSSR count). The summed E-state index contributed by atoms with van der Waals surface area (Å²) in [5, 5.41) is 2.58. The lowest BCUT2D eigenvalue weighted by Crippen LogP contribution is -2.39. The van der Waals surface area contributed by atoms with Gasteiger partial charge in [-0.1, -0.05) is 36.4 Å². The van der Waals surface area contributed by atoms with Crippen molar-refractivity contribution in [2.45, 2.75) is 18.9 Å². The van der Waals surface area contributed by atoms with Gasteiger partial charge in [0.05, 0.1) is 7.11 Å². The van der Waals surface area contributed by atoms with Crippen molar-refractivity contribution in [3.63, 3.8) is 0 Å². The second-order valence-electron chi connectivity index (χ2n) is 6.98. The molecule has 1 heterocycles. The largest absolute Gasteiger partial charge is 0.497 e. The SMILES string of the molecule is COc1ccc(CN2CC3Cc4cccc5ccc(c3c45)C2=O)cc1. The molecule has 0 spiro atoms. The summed E-state index contributed by atoms with van der Waals surface area (Å²) < 4.78 is 5.22. The van der Waals surface area contributed by atoms with Crippen LogP contribution < -0.4 is 4.74 Å². The van der Waals surface area contributed by atoms with E-state index in [-0.39, 0.29) is 5.91 Å². The van der Waals surface area contributed by atoms with Crippen molar-refractivity contribution in [2.75, 3.05) is 13.7 Å². The number of nitrogens with zero attached hydrogens (tertiary/aromatic N) is 1. The Balaban J connectivity index is 1.51. The number of hydrogen-bond donors (Lipinski definition) is 0. The molecule has 1 aliphatic heterocycles. The average Bonchev–Trinajstić information content (AvgIpc) is 3.02. The number of amides is 1. The molecule has 0 saturated heterocycles.